The Morgan fingerprint density at radius 1 is 0.935 bits per heavy atom. The number of hydrogen-bond acceptors (Lipinski definition) is 1. The van der Waals surface area contributed by atoms with Crippen molar-refractivity contribution in [3.63, 3.8) is 0 Å². The maximum atomic E-state index is 10.6. The fourth-order valence-corrected chi connectivity index (χ4v) is 10.9. The molecule has 5 fully saturated rings. The highest BCUT2D eigenvalue weighted by molar-refractivity contribution is 5.29. The van der Waals surface area contributed by atoms with E-state index in [0.717, 1.165) is 30.1 Å². The van der Waals surface area contributed by atoms with E-state index in [1.165, 1.54) is 69.8 Å². The van der Waals surface area contributed by atoms with Gasteiger partial charge in [-0.15, -0.1) is 0 Å². The quantitative estimate of drug-likeness (QED) is 0.441. The van der Waals surface area contributed by atoms with Gasteiger partial charge in [-0.1, -0.05) is 53.7 Å². The summed E-state index contributed by atoms with van der Waals surface area (Å²) in [7, 11) is 0. The van der Waals surface area contributed by atoms with Crippen LogP contribution in [0.3, 0.4) is 0 Å². The summed E-state index contributed by atoms with van der Waals surface area (Å²) in [5, 5.41) is 10.6. The third-order valence-electron chi connectivity index (χ3n) is 13.1. The van der Waals surface area contributed by atoms with Crippen molar-refractivity contribution in [1.82, 2.24) is 0 Å². The van der Waals surface area contributed by atoms with Crippen LogP contribution >= 0.6 is 0 Å². The third-order valence-corrected chi connectivity index (χ3v) is 13.1. The van der Waals surface area contributed by atoms with Gasteiger partial charge in [0, 0.05) is 0 Å². The van der Waals surface area contributed by atoms with Crippen molar-refractivity contribution in [2.45, 2.75) is 118 Å². The predicted molar refractivity (Wildman–Crippen MR) is 131 cm³/mol. The Bertz CT molecular complexity index is 739. The van der Waals surface area contributed by atoms with Crippen molar-refractivity contribution in [1.29, 1.82) is 0 Å². The molecule has 1 heteroatoms. The van der Waals surface area contributed by atoms with E-state index in [0.29, 0.717) is 33.5 Å². The Balaban J connectivity index is 1.37. The monoisotopic (exact) mass is 426 g/mol. The smallest absolute Gasteiger partial charge is 0.0568 e. The third kappa shape index (κ3) is 2.77. The van der Waals surface area contributed by atoms with Gasteiger partial charge in [0.05, 0.1) is 6.10 Å². The van der Waals surface area contributed by atoms with Gasteiger partial charge < -0.3 is 5.11 Å². The summed E-state index contributed by atoms with van der Waals surface area (Å²) in [6.45, 7) is 19.4. The molecule has 0 bridgehead atoms. The zero-order valence-corrected chi connectivity index (χ0v) is 21.5. The van der Waals surface area contributed by atoms with Crippen LogP contribution in [0.1, 0.15) is 112 Å². The second-order valence-corrected chi connectivity index (χ2v) is 14.0. The normalized spacial score (nSPS) is 53.9. The Kier molecular flexibility index (Phi) is 5.15. The minimum Gasteiger partial charge on any atom is -0.393 e. The first-order chi connectivity index (χ1) is 14.5. The molecule has 2 spiro atoms. The lowest BCUT2D eigenvalue weighted by molar-refractivity contribution is -0.142. The van der Waals surface area contributed by atoms with Gasteiger partial charge in [-0.2, -0.15) is 0 Å². The molecule has 10 atom stereocenters. The number of fused-ring (bicyclic) bond motifs is 2. The van der Waals surface area contributed by atoms with Crippen LogP contribution in [0.2, 0.25) is 0 Å². The first-order valence-electron chi connectivity index (χ1n) is 13.9. The van der Waals surface area contributed by atoms with Gasteiger partial charge in [0.2, 0.25) is 0 Å². The standard InChI is InChI=1S/C30H50O/c1-19(2)20(3)8-9-21(4)23-12-14-28(7)26-11-10-24-22(5)25(31)13-15-29(24)18-30(26,29)17-16-27(23,28)6/h19,21-26,31H,3,8-18H2,1-2,4-7H3/t21-,22+,23-,24?,25+,26?,27?,28?,29?,30?/m1/s1. The van der Waals surface area contributed by atoms with Crippen molar-refractivity contribution in [3.05, 3.63) is 12.2 Å². The number of allylic oxidation sites excluding steroid dienone is 1. The lowest BCUT2D eigenvalue weighted by atomic mass is 9.43. The molecule has 5 saturated carbocycles. The predicted octanol–water partition coefficient (Wildman–Crippen LogP) is 8.02. The SMILES string of the molecule is C=C(CC[C@@H](C)[C@H]1CCC2(C)C3CCC4[C@H](C)[C@@H](O)CCC45CC35CCC12C)C(C)C. The molecule has 5 rings (SSSR count). The van der Waals surface area contributed by atoms with Crippen LogP contribution < -0.4 is 0 Å². The maximum absolute atomic E-state index is 10.6. The Labute approximate surface area is 192 Å². The lowest BCUT2D eigenvalue weighted by Crippen LogP contribution is -2.55. The molecule has 0 saturated heterocycles. The van der Waals surface area contributed by atoms with E-state index in [2.05, 4.69) is 48.1 Å². The second kappa shape index (κ2) is 7.10. The Morgan fingerprint density at radius 3 is 2.39 bits per heavy atom. The van der Waals surface area contributed by atoms with E-state index < -0.39 is 0 Å². The molecule has 31 heavy (non-hydrogen) atoms. The van der Waals surface area contributed by atoms with Gasteiger partial charge >= 0.3 is 0 Å². The van der Waals surface area contributed by atoms with E-state index >= 15 is 0 Å². The van der Waals surface area contributed by atoms with Crippen LogP contribution in [0.4, 0.5) is 0 Å². The molecule has 0 heterocycles. The minimum absolute atomic E-state index is 0.0356. The molecule has 0 aliphatic heterocycles. The molecule has 6 unspecified atom stereocenters. The largest absolute Gasteiger partial charge is 0.393 e. The fraction of sp³-hybridized carbons (Fsp3) is 0.933. The van der Waals surface area contributed by atoms with Gasteiger partial charge in [0.25, 0.3) is 0 Å². The summed E-state index contributed by atoms with van der Waals surface area (Å²) in [6.07, 6.45) is 15.1. The molecule has 5 aliphatic rings. The van der Waals surface area contributed by atoms with Gasteiger partial charge in [-0.25, -0.2) is 0 Å². The van der Waals surface area contributed by atoms with Crippen molar-refractivity contribution in [2.75, 3.05) is 0 Å². The zero-order chi connectivity index (χ0) is 22.4. The minimum atomic E-state index is -0.0356. The van der Waals surface area contributed by atoms with Crippen LogP contribution in [-0.2, 0) is 0 Å². The maximum Gasteiger partial charge on any atom is 0.0568 e. The number of rotatable bonds is 5. The second-order valence-electron chi connectivity index (χ2n) is 14.0. The molecule has 0 aromatic rings. The summed E-state index contributed by atoms with van der Waals surface area (Å²) in [5.74, 6) is 4.63. The Morgan fingerprint density at radius 2 is 1.68 bits per heavy atom. The van der Waals surface area contributed by atoms with Crippen molar-refractivity contribution in [2.24, 2.45) is 57.2 Å². The first kappa shape index (κ1) is 22.5. The average Bonchev–Trinajstić information content (AvgIpc) is 3.31. The van der Waals surface area contributed by atoms with Crippen molar-refractivity contribution < 1.29 is 5.11 Å². The summed E-state index contributed by atoms with van der Waals surface area (Å²) in [4.78, 5) is 0. The van der Waals surface area contributed by atoms with Crippen LogP contribution in [0.25, 0.3) is 0 Å². The van der Waals surface area contributed by atoms with E-state index in [4.69, 9.17) is 0 Å². The van der Waals surface area contributed by atoms with Gasteiger partial charge in [-0.3, -0.25) is 0 Å². The zero-order valence-electron chi connectivity index (χ0n) is 21.5. The highest BCUT2D eigenvalue weighted by Crippen LogP contribution is 2.88. The van der Waals surface area contributed by atoms with Crippen LogP contribution in [-0.4, -0.2) is 11.2 Å². The molecule has 0 aromatic carbocycles. The van der Waals surface area contributed by atoms with Gasteiger partial charge in [0.1, 0.15) is 0 Å². The molecule has 0 amide bonds. The Hall–Kier alpha value is -0.300. The molecule has 1 nitrogen and oxygen atoms in total. The molecule has 1 N–H and O–H groups in total. The van der Waals surface area contributed by atoms with E-state index in [1.807, 2.05) is 0 Å². The highest BCUT2D eigenvalue weighted by Gasteiger charge is 2.81. The number of hydrogen-bond donors (Lipinski definition) is 1. The summed E-state index contributed by atoms with van der Waals surface area (Å²) < 4.78 is 0. The molecule has 5 aliphatic carbocycles. The molecular formula is C30H50O. The number of aliphatic hydroxyl groups excluding tert-OH is 1. The van der Waals surface area contributed by atoms with Crippen LogP contribution in [0.15, 0.2) is 12.2 Å². The molecule has 0 radical (unpaired) electrons. The highest BCUT2D eigenvalue weighted by atomic mass is 16.3. The lowest BCUT2D eigenvalue weighted by Gasteiger charge is -2.62. The van der Waals surface area contributed by atoms with E-state index in [9.17, 15) is 5.11 Å². The van der Waals surface area contributed by atoms with Crippen molar-refractivity contribution in [3.8, 4) is 0 Å². The molecule has 176 valence electrons. The topological polar surface area (TPSA) is 20.2 Å². The van der Waals surface area contributed by atoms with Crippen molar-refractivity contribution >= 4 is 0 Å². The van der Waals surface area contributed by atoms with Gasteiger partial charge in [-0.05, 0) is 128 Å². The van der Waals surface area contributed by atoms with Crippen LogP contribution in [0.5, 0.6) is 0 Å². The average molecular weight is 427 g/mol. The summed E-state index contributed by atoms with van der Waals surface area (Å²) in [5.41, 5.74) is 3.76. The molecule has 0 aromatic heterocycles. The first-order valence-corrected chi connectivity index (χ1v) is 13.9. The summed E-state index contributed by atoms with van der Waals surface area (Å²) in [6, 6.07) is 0. The van der Waals surface area contributed by atoms with E-state index in [1.54, 1.807) is 0 Å². The summed E-state index contributed by atoms with van der Waals surface area (Å²) >= 11 is 0. The van der Waals surface area contributed by atoms with E-state index in [-0.39, 0.29) is 6.10 Å². The fourth-order valence-electron chi connectivity index (χ4n) is 10.9. The van der Waals surface area contributed by atoms with Gasteiger partial charge in [0.15, 0.2) is 0 Å². The number of aliphatic hydroxyl groups is 1. The van der Waals surface area contributed by atoms with Crippen LogP contribution in [0, 0.1) is 57.2 Å². The molecular weight excluding hydrogens is 376 g/mol.